The van der Waals surface area contributed by atoms with Gasteiger partial charge in [-0.2, -0.15) is 11.8 Å². The van der Waals surface area contributed by atoms with E-state index in [1.54, 1.807) is 0 Å². The number of nitrogens with zero attached hydrogens (tertiary/aromatic N) is 2. The van der Waals surface area contributed by atoms with Crippen molar-refractivity contribution in [2.24, 2.45) is 58.1 Å². The Kier molecular flexibility index (Phi) is 2.33. The molecule has 0 aromatic rings. The van der Waals surface area contributed by atoms with Crippen molar-refractivity contribution in [1.82, 2.24) is 4.90 Å². The Morgan fingerprint density at radius 3 is 2.64 bits per heavy atom. The summed E-state index contributed by atoms with van der Waals surface area (Å²) in [6, 6.07) is 0. The van der Waals surface area contributed by atoms with Gasteiger partial charge in [-0.05, 0) is 60.2 Å². The summed E-state index contributed by atoms with van der Waals surface area (Å²) in [5.74, 6) is 9.36. The van der Waals surface area contributed by atoms with Gasteiger partial charge in [0.15, 0.2) is 5.96 Å². The summed E-state index contributed by atoms with van der Waals surface area (Å²) < 4.78 is 0. The number of guanidine groups is 1. The van der Waals surface area contributed by atoms with E-state index in [0.29, 0.717) is 24.3 Å². The third-order valence-electron chi connectivity index (χ3n) is 8.35. The molecule has 0 aromatic heterocycles. The summed E-state index contributed by atoms with van der Waals surface area (Å²) in [5, 5.41) is 11.5. The third-order valence-corrected chi connectivity index (χ3v) is 9.29. The van der Waals surface area contributed by atoms with Crippen LogP contribution in [0.1, 0.15) is 12.8 Å². The molecule has 5 aliphatic carbocycles. The number of thioether (sulfide) groups is 1. The van der Waals surface area contributed by atoms with Crippen molar-refractivity contribution in [3.63, 3.8) is 0 Å². The van der Waals surface area contributed by atoms with Gasteiger partial charge in [-0.3, -0.25) is 4.99 Å². The van der Waals surface area contributed by atoms with E-state index in [2.05, 4.69) is 4.90 Å². The van der Waals surface area contributed by atoms with Crippen molar-refractivity contribution in [1.29, 1.82) is 0 Å². The van der Waals surface area contributed by atoms with Gasteiger partial charge in [0, 0.05) is 24.6 Å². The van der Waals surface area contributed by atoms with E-state index in [0.717, 1.165) is 60.1 Å². The van der Waals surface area contributed by atoms with Gasteiger partial charge in [-0.1, -0.05) is 0 Å². The summed E-state index contributed by atoms with van der Waals surface area (Å²) in [5.41, 5.74) is 5.71. The lowest BCUT2D eigenvalue weighted by Crippen LogP contribution is -2.56. The minimum Gasteiger partial charge on any atom is -0.387 e. The predicted molar refractivity (Wildman–Crippen MR) is 87.5 cm³/mol. The third kappa shape index (κ3) is 1.25. The van der Waals surface area contributed by atoms with Crippen LogP contribution < -0.4 is 5.73 Å². The van der Waals surface area contributed by atoms with Gasteiger partial charge < -0.3 is 15.7 Å². The molecule has 5 saturated carbocycles. The lowest BCUT2D eigenvalue weighted by Gasteiger charge is -2.51. The summed E-state index contributed by atoms with van der Waals surface area (Å²) in [4.78, 5) is 6.91. The fourth-order valence-electron chi connectivity index (χ4n) is 8.04. The van der Waals surface area contributed by atoms with Crippen LogP contribution in [0, 0.1) is 47.3 Å². The summed E-state index contributed by atoms with van der Waals surface area (Å²) >= 11 is 1.99. The zero-order valence-electron chi connectivity index (χ0n) is 12.9. The molecule has 6 rings (SSSR count). The van der Waals surface area contributed by atoms with Crippen LogP contribution in [-0.4, -0.2) is 52.7 Å². The van der Waals surface area contributed by atoms with E-state index in [1.807, 2.05) is 11.8 Å². The Balaban J connectivity index is 1.27. The Morgan fingerprint density at radius 1 is 1.09 bits per heavy atom. The second-order valence-electron chi connectivity index (χ2n) is 8.60. The molecule has 0 aromatic carbocycles. The quantitative estimate of drug-likeness (QED) is 0.585. The van der Waals surface area contributed by atoms with E-state index in [-0.39, 0.29) is 0 Å². The molecule has 9 atom stereocenters. The molecule has 9 unspecified atom stereocenters. The van der Waals surface area contributed by atoms with Crippen molar-refractivity contribution in [2.75, 3.05) is 31.1 Å². The summed E-state index contributed by atoms with van der Waals surface area (Å²) in [6.07, 6.45) is 2.84. The highest BCUT2D eigenvalue weighted by Crippen LogP contribution is 2.85. The van der Waals surface area contributed by atoms with E-state index in [1.165, 1.54) is 12.8 Å². The van der Waals surface area contributed by atoms with Gasteiger partial charge >= 0.3 is 0 Å². The zero-order chi connectivity index (χ0) is 14.6. The number of fused-ring (bicyclic) bond motifs is 2. The van der Waals surface area contributed by atoms with Crippen LogP contribution in [0.2, 0.25) is 0 Å². The fourth-order valence-corrected chi connectivity index (χ4v) is 8.94. The van der Waals surface area contributed by atoms with Crippen molar-refractivity contribution < 1.29 is 5.11 Å². The zero-order valence-corrected chi connectivity index (χ0v) is 13.7. The molecule has 3 N–H and O–H groups in total. The van der Waals surface area contributed by atoms with Gasteiger partial charge in [0.25, 0.3) is 0 Å². The Labute approximate surface area is 135 Å². The minimum absolute atomic E-state index is 0.514. The van der Waals surface area contributed by atoms with Crippen LogP contribution in [0.25, 0.3) is 0 Å². The first kappa shape index (κ1) is 12.9. The average molecular weight is 319 g/mol. The van der Waals surface area contributed by atoms with Gasteiger partial charge in [0.05, 0.1) is 12.1 Å². The first-order chi connectivity index (χ1) is 10.7. The normalized spacial score (nSPS) is 60.4. The Hall–Kier alpha value is -0.420. The molecule has 4 nitrogen and oxygen atoms in total. The van der Waals surface area contributed by atoms with E-state index < -0.39 is 5.60 Å². The molecular formula is C17H25N3OS. The molecule has 0 amide bonds. The van der Waals surface area contributed by atoms with E-state index >= 15 is 0 Å². The second-order valence-corrected chi connectivity index (χ2v) is 9.82. The first-order valence-corrected chi connectivity index (χ1v) is 10.2. The number of hydrogen-bond donors (Lipinski definition) is 2. The summed E-state index contributed by atoms with van der Waals surface area (Å²) in [7, 11) is 0. The number of aliphatic imine (C=N–C) groups is 1. The smallest absolute Gasteiger partial charge is 0.191 e. The maximum atomic E-state index is 11.5. The highest BCUT2D eigenvalue weighted by atomic mass is 32.2. The highest BCUT2D eigenvalue weighted by molar-refractivity contribution is 7.99. The van der Waals surface area contributed by atoms with Gasteiger partial charge in [-0.15, -0.1) is 0 Å². The maximum absolute atomic E-state index is 11.5. The van der Waals surface area contributed by atoms with Gasteiger partial charge in [0.2, 0.25) is 0 Å². The van der Waals surface area contributed by atoms with Crippen LogP contribution in [0.5, 0.6) is 0 Å². The standard InChI is InChI=1S/C17H25N3OS/c18-16(20-1-3-22-4-2-20)19-7-17(21)14-9-6-10-12-8(9)5-11(14)13(12)15(10)17/h8-15,21H,1-7H2,(H2,18,19). The van der Waals surface area contributed by atoms with Crippen LogP contribution in [0.4, 0.5) is 0 Å². The van der Waals surface area contributed by atoms with E-state index in [9.17, 15) is 5.11 Å². The van der Waals surface area contributed by atoms with Gasteiger partial charge in [0.1, 0.15) is 0 Å². The first-order valence-electron chi connectivity index (χ1n) is 9.05. The van der Waals surface area contributed by atoms with E-state index in [4.69, 9.17) is 10.7 Å². The Bertz CT molecular complexity index is 556. The van der Waals surface area contributed by atoms with Crippen LogP contribution >= 0.6 is 11.8 Å². The molecule has 5 heteroatoms. The fraction of sp³-hybridized carbons (Fsp3) is 0.941. The van der Waals surface area contributed by atoms with Crippen molar-refractivity contribution in [3.8, 4) is 0 Å². The van der Waals surface area contributed by atoms with Crippen molar-refractivity contribution in [3.05, 3.63) is 0 Å². The predicted octanol–water partition coefficient (Wildman–Crippen LogP) is 0.859. The minimum atomic E-state index is -0.514. The molecule has 6 aliphatic rings. The summed E-state index contributed by atoms with van der Waals surface area (Å²) in [6.45, 7) is 2.58. The molecule has 120 valence electrons. The van der Waals surface area contributed by atoms with Crippen molar-refractivity contribution >= 4 is 17.7 Å². The molecule has 0 radical (unpaired) electrons. The SMILES string of the molecule is NC(=NCC1(O)C2C3CC4C5C3CC2C5C41)N1CCSCC1. The topological polar surface area (TPSA) is 61.9 Å². The average Bonchev–Trinajstić information content (AvgIpc) is 3.04. The maximum Gasteiger partial charge on any atom is 0.191 e. The van der Waals surface area contributed by atoms with Gasteiger partial charge in [-0.25, -0.2) is 0 Å². The lowest BCUT2D eigenvalue weighted by atomic mass is 9.56. The molecule has 2 bridgehead atoms. The molecule has 6 fully saturated rings. The van der Waals surface area contributed by atoms with Crippen LogP contribution in [-0.2, 0) is 0 Å². The molecule has 1 saturated heterocycles. The van der Waals surface area contributed by atoms with Crippen LogP contribution in [0.3, 0.4) is 0 Å². The molecule has 1 heterocycles. The highest BCUT2D eigenvalue weighted by Gasteiger charge is 2.84. The molecule has 1 aliphatic heterocycles. The molecule has 22 heavy (non-hydrogen) atoms. The monoisotopic (exact) mass is 319 g/mol. The Morgan fingerprint density at radius 2 is 1.82 bits per heavy atom. The van der Waals surface area contributed by atoms with Crippen LogP contribution in [0.15, 0.2) is 4.99 Å². The molecule has 0 spiro atoms. The number of nitrogens with two attached hydrogens (primary N) is 1. The lowest BCUT2D eigenvalue weighted by molar-refractivity contribution is -0.123. The van der Waals surface area contributed by atoms with Crippen molar-refractivity contribution in [2.45, 2.75) is 18.4 Å². The molecular weight excluding hydrogens is 294 g/mol. The number of rotatable bonds is 2. The largest absolute Gasteiger partial charge is 0.387 e. The number of hydrogen-bond acceptors (Lipinski definition) is 3. The number of aliphatic hydroxyl groups is 1. The second kappa shape index (κ2) is 3.97.